The van der Waals surface area contributed by atoms with E-state index in [0.717, 1.165) is 41.6 Å². The van der Waals surface area contributed by atoms with E-state index in [-0.39, 0.29) is 12.0 Å². The van der Waals surface area contributed by atoms with Crippen LogP contribution in [0.5, 0.6) is 0 Å². The number of aromatic nitrogens is 3. The monoisotopic (exact) mass is 422 g/mol. The van der Waals surface area contributed by atoms with Crippen molar-refractivity contribution in [3.05, 3.63) is 65.7 Å². The Morgan fingerprint density at radius 3 is 2.83 bits per heavy atom. The predicted octanol–water partition coefficient (Wildman–Crippen LogP) is 3.69. The van der Waals surface area contributed by atoms with Crippen molar-refractivity contribution >= 4 is 17.7 Å². The molecule has 4 rings (SSSR count). The number of benzene rings is 2. The Labute approximate surface area is 181 Å². The molecule has 3 aromatic rings. The van der Waals surface area contributed by atoms with Crippen LogP contribution in [0.2, 0.25) is 0 Å². The normalized spacial score (nSPS) is 16.0. The third kappa shape index (κ3) is 5.29. The largest absolute Gasteiger partial charge is 0.376 e. The lowest BCUT2D eigenvalue weighted by molar-refractivity contribution is -0.119. The number of nitrogens with zero attached hydrogens (tertiary/aromatic N) is 3. The highest BCUT2D eigenvalue weighted by atomic mass is 32.2. The van der Waals surface area contributed by atoms with Gasteiger partial charge in [0.2, 0.25) is 5.91 Å². The van der Waals surface area contributed by atoms with E-state index in [2.05, 4.69) is 51.3 Å². The van der Waals surface area contributed by atoms with E-state index < -0.39 is 0 Å². The minimum atomic E-state index is -0.0122. The van der Waals surface area contributed by atoms with E-state index >= 15 is 0 Å². The number of carbonyl (C=O) groups excluding carboxylic acids is 1. The zero-order valence-corrected chi connectivity index (χ0v) is 17.9. The minimum Gasteiger partial charge on any atom is -0.376 e. The zero-order valence-electron chi connectivity index (χ0n) is 17.1. The van der Waals surface area contributed by atoms with Gasteiger partial charge in [0, 0.05) is 18.7 Å². The summed E-state index contributed by atoms with van der Waals surface area (Å²) in [5.74, 6) is 1.10. The van der Waals surface area contributed by atoms with Gasteiger partial charge in [0.05, 0.1) is 18.4 Å². The van der Waals surface area contributed by atoms with E-state index in [4.69, 9.17) is 4.74 Å². The molecule has 156 valence electrons. The first kappa shape index (κ1) is 20.6. The van der Waals surface area contributed by atoms with Crippen LogP contribution in [0, 0.1) is 6.92 Å². The van der Waals surface area contributed by atoms with Crippen LogP contribution in [-0.2, 0) is 16.1 Å². The second kappa shape index (κ2) is 9.91. The van der Waals surface area contributed by atoms with Gasteiger partial charge in [-0.3, -0.25) is 9.36 Å². The van der Waals surface area contributed by atoms with Gasteiger partial charge in [0.15, 0.2) is 11.0 Å². The molecule has 30 heavy (non-hydrogen) atoms. The number of hydrogen-bond acceptors (Lipinski definition) is 5. The smallest absolute Gasteiger partial charge is 0.230 e. The number of ether oxygens (including phenoxy) is 1. The zero-order chi connectivity index (χ0) is 20.8. The number of thioether (sulfide) groups is 1. The van der Waals surface area contributed by atoms with Crippen LogP contribution in [0.1, 0.15) is 24.0 Å². The molecule has 0 bridgehead atoms. The number of aryl methyl sites for hydroxylation is 1. The van der Waals surface area contributed by atoms with Crippen molar-refractivity contribution < 1.29 is 9.53 Å². The molecule has 1 atom stereocenters. The summed E-state index contributed by atoms with van der Waals surface area (Å²) >= 11 is 1.41. The van der Waals surface area contributed by atoms with Crippen LogP contribution in [0.15, 0.2) is 59.8 Å². The van der Waals surface area contributed by atoms with Crippen LogP contribution in [0.3, 0.4) is 0 Å². The quantitative estimate of drug-likeness (QED) is 0.561. The predicted molar refractivity (Wildman–Crippen MR) is 118 cm³/mol. The fourth-order valence-corrected chi connectivity index (χ4v) is 4.28. The molecule has 1 aliphatic rings. The molecule has 0 spiro atoms. The highest BCUT2D eigenvalue weighted by molar-refractivity contribution is 7.99. The van der Waals surface area contributed by atoms with E-state index in [1.54, 1.807) is 0 Å². The van der Waals surface area contributed by atoms with E-state index in [1.165, 1.54) is 17.3 Å². The number of rotatable bonds is 8. The van der Waals surface area contributed by atoms with Gasteiger partial charge < -0.3 is 10.1 Å². The number of carbonyl (C=O) groups is 1. The van der Waals surface area contributed by atoms with Crippen molar-refractivity contribution in [2.24, 2.45) is 0 Å². The topological polar surface area (TPSA) is 69.0 Å². The van der Waals surface area contributed by atoms with Gasteiger partial charge in [0.25, 0.3) is 0 Å². The summed E-state index contributed by atoms with van der Waals surface area (Å²) in [6.45, 7) is 4.08. The molecule has 0 saturated carbocycles. The summed E-state index contributed by atoms with van der Waals surface area (Å²) in [6, 6.07) is 18.5. The molecule has 1 aromatic heterocycles. The third-order valence-corrected chi connectivity index (χ3v) is 6.03. The maximum atomic E-state index is 12.3. The SMILES string of the molecule is Cc1cccc(-c2nnc(SCC(=O)NCC3CCCO3)n2Cc2ccccc2)c1. The molecule has 1 N–H and O–H groups in total. The highest BCUT2D eigenvalue weighted by Gasteiger charge is 2.18. The van der Waals surface area contributed by atoms with Crippen molar-refractivity contribution in [3.8, 4) is 11.4 Å². The molecule has 0 radical (unpaired) electrons. The Bertz CT molecular complexity index is 984. The second-order valence-corrected chi connectivity index (χ2v) is 8.42. The fraction of sp³-hybridized carbons (Fsp3) is 0.348. The molecule has 0 aliphatic carbocycles. The van der Waals surface area contributed by atoms with Crippen molar-refractivity contribution in [3.63, 3.8) is 0 Å². The maximum absolute atomic E-state index is 12.3. The number of hydrogen-bond donors (Lipinski definition) is 1. The van der Waals surface area contributed by atoms with Crippen molar-refractivity contribution in [1.82, 2.24) is 20.1 Å². The van der Waals surface area contributed by atoms with Gasteiger partial charge in [-0.25, -0.2) is 0 Å². The Balaban J connectivity index is 1.49. The average molecular weight is 423 g/mol. The molecule has 1 fully saturated rings. The molecule has 2 heterocycles. The van der Waals surface area contributed by atoms with Gasteiger partial charge in [-0.1, -0.05) is 65.9 Å². The summed E-state index contributed by atoms with van der Waals surface area (Å²) < 4.78 is 7.65. The molecule has 1 amide bonds. The molecule has 6 nitrogen and oxygen atoms in total. The van der Waals surface area contributed by atoms with Crippen LogP contribution in [0.4, 0.5) is 0 Å². The van der Waals surface area contributed by atoms with Gasteiger partial charge in [-0.2, -0.15) is 0 Å². The fourth-order valence-electron chi connectivity index (χ4n) is 3.52. The summed E-state index contributed by atoms with van der Waals surface area (Å²) in [4.78, 5) is 12.3. The van der Waals surface area contributed by atoms with Crippen LogP contribution < -0.4 is 5.32 Å². The maximum Gasteiger partial charge on any atom is 0.230 e. The van der Waals surface area contributed by atoms with Gasteiger partial charge in [-0.05, 0) is 31.4 Å². The van der Waals surface area contributed by atoms with Crippen molar-refractivity contribution in [2.75, 3.05) is 18.9 Å². The van der Waals surface area contributed by atoms with Crippen LogP contribution >= 0.6 is 11.8 Å². The first-order valence-electron chi connectivity index (χ1n) is 10.2. The van der Waals surface area contributed by atoms with Crippen LogP contribution in [-0.4, -0.2) is 45.7 Å². The summed E-state index contributed by atoms with van der Waals surface area (Å²) in [7, 11) is 0. The Kier molecular flexibility index (Phi) is 6.81. The van der Waals surface area contributed by atoms with E-state index in [1.807, 2.05) is 30.3 Å². The van der Waals surface area contributed by atoms with Crippen LogP contribution in [0.25, 0.3) is 11.4 Å². The molecule has 1 unspecified atom stereocenters. The van der Waals surface area contributed by atoms with Crippen molar-refractivity contribution in [1.29, 1.82) is 0 Å². The molecular formula is C23H26N4O2S. The first-order valence-corrected chi connectivity index (χ1v) is 11.2. The first-order chi connectivity index (χ1) is 14.7. The molecule has 1 saturated heterocycles. The van der Waals surface area contributed by atoms with Crippen molar-refractivity contribution in [2.45, 2.75) is 37.6 Å². The number of nitrogens with one attached hydrogen (secondary N) is 1. The lowest BCUT2D eigenvalue weighted by Gasteiger charge is -2.12. The average Bonchev–Trinajstić information content (AvgIpc) is 3.42. The third-order valence-electron chi connectivity index (χ3n) is 5.06. The number of amides is 1. The van der Waals surface area contributed by atoms with E-state index in [0.29, 0.717) is 18.8 Å². The standard InChI is InChI=1S/C23H26N4O2S/c1-17-7-5-10-19(13-17)22-25-26-23(27(22)15-18-8-3-2-4-9-18)30-16-21(28)24-14-20-11-6-12-29-20/h2-5,7-10,13,20H,6,11-12,14-16H2,1H3,(H,24,28). The Morgan fingerprint density at radius 2 is 2.07 bits per heavy atom. The Morgan fingerprint density at radius 1 is 1.20 bits per heavy atom. The molecule has 2 aromatic carbocycles. The van der Waals surface area contributed by atoms with E-state index in [9.17, 15) is 4.79 Å². The Hall–Kier alpha value is -2.64. The summed E-state index contributed by atoms with van der Waals surface area (Å²) in [5, 5.41) is 12.6. The lowest BCUT2D eigenvalue weighted by Crippen LogP contribution is -2.32. The lowest BCUT2D eigenvalue weighted by atomic mass is 10.1. The molecule has 1 aliphatic heterocycles. The van der Waals surface area contributed by atoms with Gasteiger partial charge >= 0.3 is 0 Å². The van der Waals surface area contributed by atoms with Gasteiger partial charge in [0.1, 0.15) is 0 Å². The minimum absolute atomic E-state index is 0.0122. The molecule has 7 heteroatoms. The van der Waals surface area contributed by atoms with Gasteiger partial charge in [-0.15, -0.1) is 10.2 Å². The summed E-state index contributed by atoms with van der Waals surface area (Å²) in [6.07, 6.45) is 2.23. The second-order valence-electron chi connectivity index (χ2n) is 7.48. The molecular weight excluding hydrogens is 396 g/mol. The highest BCUT2D eigenvalue weighted by Crippen LogP contribution is 2.25. The summed E-state index contributed by atoms with van der Waals surface area (Å²) in [5.41, 5.74) is 3.36.